The molecule has 1 saturated heterocycles. The largest absolute Gasteiger partial charge is 0.368 e. The van der Waals surface area contributed by atoms with Crippen LogP contribution in [0.3, 0.4) is 0 Å². The Labute approximate surface area is 140 Å². The van der Waals surface area contributed by atoms with Gasteiger partial charge in [-0.1, -0.05) is 6.07 Å². The molecule has 4 rings (SSSR count). The number of aromatic nitrogens is 3. The van der Waals surface area contributed by atoms with E-state index in [9.17, 15) is 4.79 Å². The first-order chi connectivity index (χ1) is 11.8. The highest BCUT2D eigenvalue weighted by atomic mass is 16.5. The summed E-state index contributed by atoms with van der Waals surface area (Å²) < 4.78 is 5.47. The molecule has 2 aliphatic rings. The van der Waals surface area contributed by atoms with E-state index in [4.69, 9.17) is 4.74 Å². The molecule has 1 amide bonds. The number of carbonyl (C=O) groups excluding carboxylic acids is 1. The summed E-state index contributed by atoms with van der Waals surface area (Å²) >= 11 is 0. The molecule has 0 saturated carbocycles. The van der Waals surface area contributed by atoms with Crippen molar-refractivity contribution in [3.8, 4) is 11.5 Å². The van der Waals surface area contributed by atoms with E-state index in [1.165, 1.54) is 0 Å². The summed E-state index contributed by atoms with van der Waals surface area (Å²) in [6, 6.07) is 5.68. The van der Waals surface area contributed by atoms with Crippen LogP contribution in [0.2, 0.25) is 0 Å². The van der Waals surface area contributed by atoms with Crippen molar-refractivity contribution in [1.29, 1.82) is 0 Å². The van der Waals surface area contributed by atoms with Gasteiger partial charge in [-0.15, -0.1) is 0 Å². The summed E-state index contributed by atoms with van der Waals surface area (Å²) in [4.78, 5) is 25.8. The summed E-state index contributed by atoms with van der Waals surface area (Å²) in [6.07, 6.45) is 7.86. The molecule has 0 aromatic carbocycles. The minimum absolute atomic E-state index is 0.0147. The van der Waals surface area contributed by atoms with Gasteiger partial charge in [0.05, 0.1) is 6.04 Å². The first-order valence-electron chi connectivity index (χ1n) is 8.50. The van der Waals surface area contributed by atoms with Gasteiger partial charge in [0, 0.05) is 30.3 Å². The van der Waals surface area contributed by atoms with Crippen molar-refractivity contribution in [3.05, 3.63) is 41.9 Å². The molecule has 3 heterocycles. The van der Waals surface area contributed by atoms with Crippen molar-refractivity contribution in [3.63, 3.8) is 0 Å². The Morgan fingerprint density at radius 3 is 2.96 bits per heavy atom. The Morgan fingerprint density at radius 2 is 2.17 bits per heavy atom. The minimum Gasteiger partial charge on any atom is -0.368 e. The average molecular weight is 324 g/mol. The maximum Gasteiger partial charge on any atom is 0.249 e. The molecule has 1 fully saturated rings. The second-order valence-electron chi connectivity index (χ2n) is 6.27. The van der Waals surface area contributed by atoms with Crippen LogP contribution >= 0.6 is 0 Å². The molecule has 2 atom stereocenters. The molecule has 0 unspecified atom stereocenters. The van der Waals surface area contributed by atoms with Crippen molar-refractivity contribution in [1.82, 2.24) is 20.3 Å². The zero-order valence-electron chi connectivity index (χ0n) is 13.4. The molecule has 1 N–H and O–H groups in total. The van der Waals surface area contributed by atoms with Crippen LogP contribution in [0.1, 0.15) is 43.0 Å². The number of nitrogens with one attached hydrogen (secondary N) is 1. The number of aryl methyl sites for hydroxylation is 1. The van der Waals surface area contributed by atoms with Gasteiger partial charge in [-0.05, 0) is 44.2 Å². The Hall–Kier alpha value is -2.34. The number of nitrogens with zero attached hydrogens (tertiary/aromatic N) is 3. The molecule has 6 nitrogen and oxygen atoms in total. The lowest BCUT2D eigenvalue weighted by molar-refractivity contribution is -0.130. The van der Waals surface area contributed by atoms with Crippen LogP contribution in [0.25, 0.3) is 11.5 Å². The topological polar surface area (TPSA) is 77.0 Å². The van der Waals surface area contributed by atoms with E-state index in [-0.39, 0.29) is 18.1 Å². The van der Waals surface area contributed by atoms with Crippen LogP contribution in [0.4, 0.5) is 0 Å². The second-order valence-corrected chi connectivity index (χ2v) is 6.27. The fourth-order valence-corrected chi connectivity index (χ4v) is 3.36. The molecular weight excluding hydrogens is 304 g/mol. The molecule has 0 bridgehead atoms. The van der Waals surface area contributed by atoms with E-state index in [1.54, 1.807) is 6.20 Å². The van der Waals surface area contributed by atoms with Crippen molar-refractivity contribution >= 4 is 5.91 Å². The Morgan fingerprint density at radius 1 is 1.21 bits per heavy atom. The molecule has 124 valence electrons. The highest BCUT2D eigenvalue weighted by molar-refractivity contribution is 5.81. The Balaban J connectivity index is 1.55. The van der Waals surface area contributed by atoms with E-state index in [2.05, 4.69) is 20.3 Å². The molecular formula is C18H20N4O2. The Kier molecular flexibility index (Phi) is 4.21. The molecule has 0 spiro atoms. The third kappa shape index (κ3) is 3.01. The normalized spacial score (nSPS) is 22.8. The molecule has 0 radical (unpaired) electrons. The van der Waals surface area contributed by atoms with Gasteiger partial charge >= 0.3 is 0 Å². The predicted molar refractivity (Wildman–Crippen MR) is 88.1 cm³/mol. The molecule has 1 aliphatic carbocycles. The third-order valence-electron chi connectivity index (χ3n) is 4.61. The van der Waals surface area contributed by atoms with Crippen LogP contribution in [-0.2, 0) is 16.0 Å². The number of fused-ring (bicyclic) bond motifs is 1. The highest BCUT2D eigenvalue weighted by Gasteiger charge is 2.29. The quantitative estimate of drug-likeness (QED) is 0.936. The third-order valence-corrected chi connectivity index (χ3v) is 4.61. The van der Waals surface area contributed by atoms with Crippen LogP contribution in [0.5, 0.6) is 0 Å². The highest BCUT2D eigenvalue weighted by Crippen LogP contribution is 2.29. The van der Waals surface area contributed by atoms with Gasteiger partial charge in [-0.2, -0.15) is 0 Å². The number of amides is 1. The smallest absolute Gasteiger partial charge is 0.249 e. The number of ether oxygens (including phenoxy) is 1. The van der Waals surface area contributed by atoms with Crippen LogP contribution in [-0.4, -0.2) is 33.6 Å². The zero-order valence-corrected chi connectivity index (χ0v) is 13.4. The van der Waals surface area contributed by atoms with E-state index < -0.39 is 0 Å². The van der Waals surface area contributed by atoms with E-state index in [0.717, 1.165) is 49.1 Å². The monoisotopic (exact) mass is 324 g/mol. The molecule has 6 heteroatoms. The van der Waals surface area contributed by atoms with E-state index in [1.807, 2.05) is 24.4 Å². The van der Waals surface area contributed by atoms with Gasteiger partial charge in [0.15, 0.2) is 5.82 Å². The predicted octanol–water partition coefficient (Wildman–Crippen LogP) is 2.21. The van der Waals surface area contributed by atoms with Gasteiger partial charge in [0.1, 0.15) is 11.8 Å². The van der Waals surface area contributed by atoms with Crippen LogP contribution < -0.4 is 5.32 Å². The number of hydrogen-bond acceptors (Lipinski definition) is 5. The van der Waals surface area contributed by atoms with Crippen molar-refractivity contribution in [2.75, 3.05) is 6.61 Å². The van der Waals surface area contributed by atoms with Gasteiger partial charge in [-0.25, -0.2) is 9.97 Å². The first kappa shape index (κ1) is 15.2. The van der Waals surface area contributed by atoms with Gasteiger partial charge in [-0.3, -0.25) is 9.78 Å². The maximum absolute atomic E-state index is 12.3. The number of pyridine rings is 1. The lowest BCUT2D eigenvalue weighted by Crippen LogP contribution is -2.38. The molecule has 2 aromatic rings. The lowest BCUT2D eigenvalue weighted by Gasteiger charge is -2.26. The van der Waals surface area contributed by atoms with E-state index in [0.29, 0.717) is 12.4 Å². The fourth-order valence-electron chi connectivity index (χ4n) is 3.36. The van der Waals surface area contributed by atoms with Crippen molar-refractivity contribution in [2.24, 2.45) is 0 Å². The molecule has 2 aromatic heterocycles. The standard InChI is InChI=1S/C18H20N4O2/c23-18(16-8-4-10-24-16)22-14-7-3-6-13-12(14)11-20-17(21-13)15-5-1-2-9-19-15/h1-2,5,9,11,14,16H,3-4,6-8,10H2,(H,22,23)/t14-,16+/m1/s1. The van der Waals surface area contributed by atoms with Crippen LogP contribution in [0.15, 0.2) is 30.6 Å². The second kappa shape index (κ2) is 6.65. The maximum atomic E-state index is 12.3. The zero-order chi connectivity index (χ0) is 16.4. The van der Waals surface area contributed by atoms with Gasteiger partial charge in [0.25, 0.3) is 0 Å². The minimum atomic E-state index is -0.302. The molecule has 1 aliphatic heterocycles. The SMILES string of the molecule is O=C(N[C@@H]1CCCc2nc(-c3ccccn3)ncc21)[C@@H]1CCCO1. The fraction of sp³-hybridized carbons (Fsp3) is 0.444. The van der Waals surface area contributed by atoms with E-state index >= 15 is 0 Å². The summed E-state index contributed by atoms with van der Waals surface area (Å²) in [5.74, 6) is 0.625. The Bertz CT molecular complexity index is 729. The van der Waals surface area contributed by atoms with Crippen LogP contribution in [0, 0.1) is 0 Å². The molecule has 24 heavy (non-hydrogen) atoms. The van der Waals surface area contributed by atoms with Crippen molar-refractivity contribution < 1.29 is 9.53 Å². The van der Waals surface area contributed by atoms with Gasteiger partial charge in [0.2, 0.25) is 5.91 Å². The lowest BCUT2D eigenvalue weighted by atomic mass is 9.92. The number of carbonyl (C=O) groups is 1. The number of rotatable bonds is 3. The number of hydrogen-bond donors (Lipinski definition) is 1. The first-order valence-corrected chi connectivity index (χ1v) is 8.50. The summed E-state index contributed by atoms with van der Waals surface area (Å²) in [6.45, 7) is 0.676. The summed E-state index contributed by atoms with van der Waals surface area (Å²) in [5, 5.41) is 3.12. The van der Waals surface area contributed by atoms with Gasteiger partial charge < -0.3 is 10.1 Å². The summed E-state index contributed by atoms with van der Waals surface area (Å²) in [5.41, 5.74) is 2.80. The summed E-state index contributed by atoms with van der Waals surface area (Å²) in [7, 11) is 0. The van der Waals surface area contributed by atoms with Crippen molar-refractivity contribution in [2.45, 2.75) is 44.2 Å². The average Bonchev–Trinajstić information content (AvgIpc) is 3.17.